The molecular formula is C50H69N2O2S+. The molecule has 0 N–H and O–H groups in total. The van der Waals surface area contributed by atoms with Crippen molar-refractivity contribution in [1.29, 1.82) is 0 Å². The number of unbranched alkanes of at least 4 members (excludes halogenated alkanes) is 10. The number of aromatic nitrogens is 1. The molecule has 0 spiro atoms. The smallest absolute Gasteiger partial charge is 0.338 e. The minimum atomic E-state index is -0.245. The van der Waals surface area contributed by atoms with Gasteiger partial charge in [-0.1, -0.05) is 141 Å². The van der Waals surface area contributed by atoms with Gasteiger partial charge >= 0.3 is 5.97 Å². The summed E-state index contributed by atoms with van der Waals surface area (Å²) in [6.07, 6.45) is 17.4. The summed E-state index contributed by atoms with van der Waals surface area (Å²) in [5, 5.41) is 1.24. The number of rotatable bonds is 23. The maximum atomic E-state index is 14.2. The van der Waals surface area contributed by atoms with Gasteiger partial charge in [0.15, 0.2) is 5.71 Å². The summed E-state index contributed by atoms with van der Waals surface area (Å²) >= 11 is 1.91. The minimum Gasteiger partial charge on any atom is -0.461 e. The molecule has 0 amide bonds. The number of ether oxygens (including phenoxy) is 1. The summed E-state index contributed by atoms with van der Waals surface area (Å²) in [7, 11) is 0. The molecule has 0 radical (unpaired) electrons. The number of benzene rings is 3. The number of allylic oxidation sites excluding steroid dienone is 1. The predicted molar refractivity (Wildman–Crippen MR) is 239 cm³/mol. The molecule has 5 heteroatoms. The van der Waals surface area contributed by atoms with E-state index in [9.17, 15) is 4.79 Å². The highest BCUT2D eigenvalue weighted by Crippen LogP contribution is 2.46. The zero-order chi connectivity index (χ0) is 39.2. The van der Waals surface area contributed by atoms with Crippen LogP contribution in [0.15, 0.2) is 72.8 Å². The van der Waals surface area contributed by atoms with E-state index in [1.165, 1.54) is 109 Å². The first-order chi connectivity index (χ1) is 26.8. The number of fused-ring (bicyclic) bond motifs is 2. The summed E-state index contributed by atoms with van der Waals surface area (Å²) in [6, 6.07) is 26.0. The van der Waals surface area contributed by atoms with Gasteiger partial charge in [0.2, 0.25) is 5.69 Å². The summed E-state index contributed by atoms with van der Waals surface area (Å²) in [5.41, 5.74) is 11.5. The molecule has 5 rings (SSSR count). The van der Waals surface area contributed by atoms with Gasteiger partial charge in [-0.15, -0.1) is 0 Å². The van der Waals surface area contributed by atoms with E-state index in [0.717, 1.165) is 55.7 Å². The molecule has 296 valence electrons. The fourth-order valence-electron chi connectivity index (χ4n) is 8.40. The fraction of sp³-hybridized carbons (Fsp3) is 0.520. The fourth-order valence-corrected chi connectivity index (χ4v) is 9.47. The van der Waals surface area contributed by atoms with E-state index in [0.29, 0.717) is 12.2 Å². The number of hydrogen-bond donors (Lipinski definition) is 0. The molecule has 1 aliphatic heterocycles. The third-order valence-electron chi connectivity index (χ3n) is 12.1. The highest BCUT2D eigenvalue weighted by molar-refractivity contribution is 8.00. The van der Waals surface area contributed by atoms with Crippen LogP contribution in [0.3, 0.4) is 0 Å². The van der Waals surface area contributed by atoms with Gasteiger partial charge in [0.25, 0.3) is 0 Å². The number of hydrogen-bond acceptors (Lipinski definition) is 3. The Balaban J connectivity index is 1.65. The minimum absolute atomic E-state index is 0.202. The van der Waals surface area contributed by atoms with Gasteiger partial charge < -0.3 is 9.30 Å². The van der Waals surface area contributed by atoms with Crippen molar-refractivity contribution < 1.29 is 14.1 Å². The van der Waals surface area contributed by atoms with Gasteiger partial charge in [0.1, 0.15) is 13.2 Å². The molecule has 0 saturated heterocycles. The Hall–Kier alpha value is -3.57. The number of nitrogens with zero attached hydrogens (tertiary/aromatic N) is 2. The van der Waals surface area contributed by atoms with Crippen molar-refractivity contribution in [2.45, 2.75) is 150 Å². The molecule has 1 aliphatic rings. The second-order valence-electron chi connectivity index (χ2n) is 15.9. The zero-order valence-corrected chi connectivity index (χ0v) is 36.1. The van der Waals surface area contributed by atoms with Crippen LogP contribution in [-0.4, -0.2) is 44.5 Å². The first kappa shape index (κ1) is 42.6. The molecule has 4 aromatic rings. The van der Waals surface area contributed by atoms with Crippen LogP contribution in [0, 0.1) is 6.92 Å². The number of para-hydroxylation sites is 2. The number of aryl methyl sites for hydroxylation is 1. The Kier molecular flexibility index (Phi) is 16.3. The second kappa shape index (κ2) is 21.1. The molecule has 2 heterocycles. The van der Waals surface area contributed by atoms with Gasteiger partial charge in [-0.2, -0.15) is 16.3 Å². The molecule has 1 aromatic heterocycles. The van der Waals surface area contributed by atoms with Crippen LogP contribution in [0.25, 0.3) is 22.0 Å². The largest absolute Gasteiger partial charge is 0.461 e. The monoisotopic (exact) mass is 762 g/mol. The van der Waals surface area contributed by atoms with Crippen LogP contribution in [0.2, 0.25) is 0 Å². The molecular weight excluding hydrogens is 693 g/mol. The van der Waals surface area contributed by atoms with E-state index < -0.39 is 0 Å². The normalized spacial score (nSPS) is 13.9. The summed E-state index contributed by atoms with van der Waals surface area (Å²) in [4.78, 5) is 14.2. The van der Waals surface area contributed by atoms with Crippen LogP contribution < -0.4 is 0 Å². The highest BCUT2D eigenvalue weighted by Gasteiger charge is 2.36. The van der Waals surface area contributed by atoms with E-state index in [-0.39, 0.29) is 10.7 Å². The lowest BCUT2D eigenvalue weighted by molar-refractivity contribution is -0.438. The molecule has 55 heavy (non-hydrogen) atoms. The molecule has 3 aromatic carbocycles. The maximum Gasteiger partial charge on any atom is 0.338 e. The first-order valence-corrected chi connectivity index (χ1v) is 22.7. The molecule has 0 bridgehead atoms. The topological polar surface area (TPSA) is 34.2 Å². The van der Waals surface area contributed by atoms with Crippen LogP contribution in [0.1, 0.15) is 164 Å². The van der Waals surface area contributed by atoms with Gasteiger partial charge in [-0.25, -0.2) is 4.79 Å². The lowest BCUT2D eigenvalue weighted by Gasteiger charge is -2.25. The van der Waals surface area contributed by atoms with Crippen LogP contribution in [0.4, 0.5) is 5.69 Å². The molecule has 0 unspecified atom stereocenters. The van der Waals surface area contributed by atoms with E-state index in [1.54, 1.807) is 0 Å². The summed E-state index contributed by atoms with van der Waals surface area (Å²) in [6.45, 7) is 18.3. The predicted octanol–water partition coefficient (Wildman–Crippen LogP) is 14.2. The molecule has 0 atom stereocenters. The average Bonchev–Trinajstić information content (AvgIpc) is 3.65. The highest BCUT2D eigenvalue weighted by atomic mass is 32.2. The quantitative estimate of drug-likeness (QED) is 0.0429. The van der Waals surface area contributed by atoms with Crippen LogP contribution in [-0.2, 0) is 11.3 Å². The van der Waals surface area contributed by atoms with E-state index in [4.69, 9.17) is 4.74 Å². The Morgan fingerprint density at radius 1 is 0.727 bits per heavy atom. The molecule has 0 fully saturated rings. The van der Waals surface area contributed by atoms with Crippen molar-refractivity contribution in [3.05, 3.63) is 101 Å². The lowest BCUT2D eigenvalue weighted by atomic mass is 9.85. The van der Waals surface area contributed by atoms with Gasteiger partial charge in [0, 0.05) is 64.2 Å². The number of carbonyl (C=O) groups is 1. The summed E-state index contributed by atoms with van der Waals surface area (Å²) < 4.78 is 11.4. The SMILES string of the molecule is CCCCCCCCn1c(C)c(/C(=C2\C(C)=[N+](CCCCCCCC)c3ccccc32)c2ccccc2C(=O)OCCSC(C)(CC)CC)c2ccccc21. The lowest BCUT2D eigenvalue weighted by Crippen LogP contribution is -2.19. The molecule has 4 nitrogen and oxygen atoms in total. The van der Waals surface area contributed by atoms with Gasteiger partial charge in [-0.3, -0.25) is 0 Å². The van der Waals surface area contributed by atoms with E-state index in [2.05, 4.69) is 118 Å². The molecule has 0 aliphatic carbocycles. The summed E-state index contributed by atoms with van der Waals surface area (Å²) in [5.74, 6) is 0.545. The zero-order valence-electron chi connectivity index (χ0n) is 35.3. The third-order valence-corrected chi connectivity index (χ3v) is 13.8. The Morgan fingerprint density at radius 3 is 2.04 bits per heavy atom. The van der Waals surface area contributed by atoms with Crippen molar-refractivity contribution in [3.8, 4) is 0 Å². The van der Waals surface area contributed by atoms with Crippen LogP contribution in [0.5, 0.6) is 0 Å². The second-order valence-corrected chi connectivity index (χ2v) is 17.5. The van der Waals surface area contributed by atoms with E-state index in [1.807, 2.05) is 23.9 Å². The van der Waals surface area contributed by atoms with Crippen molar-refractivity contribution >= 4 is 51.2 Å². The van der Waals surface area contributed by atoms with Gasteiger partial charge in [0.05, 0.1) is 16.7 Å². The first-order valence-electron chi connectivity index (χ1n) is 21.7. The van der Waals surface area contributed by atoms with Crippen molar-refractivity contribution in [1.82, 2.24) is 4.57 Å². The Morgan fingerprint density at radius 2 is 1.33 bits per heavy atom. The van der Waals surface area contributed by atoms with Crippen LogP contribution >= 0.6 is 11.8 Å². The third kappa shape index (κ3) is 10.2. The van der Waals surface area contributed by atoms with Crippen molar-refractivity contribution in [2.75, 3.05) is 18.9 Å². The number of esters is 1. The van der Waals surface area contributed by atoms with Crippen molar-refractivity contribution in [3.63, 3.8) is 0 Å². The number of carbonyl (C=O) groups excluding carboxylic acids is 1. The Bertz CT molecular complexity index is 1930. The molecule has 0 saturated carbocycles. The van der Waals surface area contributed by atoms with Crippen molar-refractivity contribution in [2.24, 2.45) is 0 Å². The average molecular weight is 762 g/mol. The van der Waals surface area contributed by atoms with Gasteiger partial charge in [-0.05, 0) is 56.4 Å². The maximum absolute atomic E-state index is 14.2. The van der Waals surface area contributed by atoms with E-state index >= 15 is 0 Å². The standard InChI is InChI=1S/C50H69N2O2S/c1-8-12-14-16-18-26-34-51-38(5)46(42-30-22-24-32-44(42)51)48(40-28-20-21-29-41(40)49(53)54-36-37-55-50(7,10-3)11-4)47-39(6)52(35-27-19-17-15-13-9-2)45-33-25-23-31-43(45)47/h20-25,28-33H,8-19,26-27,34-37H2,1-7H3/q+1. The Labute approximate surface area is 337 Å². The number of thioether (sulfide) groups is 1.